The van der Waals surface area contributed by atoms with Crippen LogP contribution in [0.2, 0.25) is 10.1 Å². The first kappa shape index (κ1) is 41.6. The Hall–Kier alpha value is -2.81. The van der Waals surface area contributed by atoms with Crippen molar-refractivity contribution in [2.24, 2.45) is 0 Å². The van der Waals surface area contributed by atoms with E-state index in [9.17, 15) is 0 Å². The van der Waals surface area contributed by atoms with Crippen molar-refractivity contribution in [3.63, 3.8) is 0 Å². The molecule has 0 amide bonds. The maximum absolute atomic E-state index is 2.59. The van der Waals surface area contributed by atoms with Crippen molar-refractivity contribution >= 4 is 40.0 Å². The minimum Gasteiger partial charge on any atom is -0.358 e. The van der Waals surface area contributed by atoms with Crippen LogP contribution >= 0.6 is 0 Å². The van der Waals surface area contributed by atoms with Gasteiger partial charge >= 0.3 is 25.8 Å². The molecule has 0 saturated carbocycles. The maximum atomic E-state index is 2.59. The summed E-state index contributed by atoms with van der Waals surface area (Å²) in [5, 5.41) is 8.65. The molecule has 0 spiro atoms. The molecule has 0 atom stereocenters. The number of hydrogen-bond acceptors (Lipinski definition) is 0. The molecule has 0 unspecified atom stereocenters. The average molecular weight is 844 g/mol. The van der Waals surface area contributed by atoms with Gasteiger partial charge in [0.25, 0.3) is 0 Å². The van der Waals surface area contributed by atoms with E-state index in [0.29, 0.717) is 0 Å². The summed E-state index contributed by atoms with van der Waals surface area (Å²) in [7, 11) is -2.45. The van der Waals surface area contributed by atoms with Crippen LogP contribution in [-0.2, 0) is 36.7 Å². The molecule has 260 valence electrons. The largest absolute Gasteiger partial charge is 4.00 e. The fourth-order valence-electron chi connectivity index (χ4n) is 8.74. The molecule has 0 aliphatic heterocycles. The van der Waals surface area contributed by atoms with Crippen molar-refractivity contribution in [1.82, 2.24) is 0 Å². The van der Waals surface area contributed by atoms with Gasteiger partial charge in [0.1, 0.15) is 0 Å². The van der Waals surface area contributed by atoms with E-state index >= 15 is 0 Å². The second-order valence-corrected chi connectivity index (χ2v) is 23.7. The minimum absolute atomic E-state index is 0. The van der Waals surface area contributed by atoms with Crippen molar-refractivity contribution in [2.75, 3.05) is 0 Å². The van der Waals surface area contributed by atoms with Gasteiger partial charge in [0.2, 0.25) is 0 Å². The summed E-state index contributed by atoms with van der Waals surface area (Å²) >= 11 is 0. The predicted octanol–water partition coefficient (Wildman–Crippen LogP) is 13.4. The second-order valence-electron chi connectivity index (χ2n) is 18.0. The third-order valence-corrected chi connectivity index (χ3v) is 17.5. The summed E-state index contributed by atoms with van der Waals surface area (Å²) in [5.74, 6) is 0. The van der Waals surface area contributed by atoms with Crippen LogP contribution in [-0.4, -0.2) is 8.07 Å². The van der Waals surface area contributed by atoms with E-state index in [4.69, 9.17) is 0 Å². The first-order valence-electron chi connectivity index (χ1n) is 17.4. The zero-order chi connectivity index (χ0) is 34.2. The SMILES string of the molecule is CC(C)(C)c1cccc(-c2cccc3[cH-]c([Si](c4cc5c(-c6cccc(C(C)(C)C)c6)cccc5[cH-]4)(C(C)(C)C)C(C)(C)C)cc23)c1.[CH3-].[CH3-].[Hf+4]. The Morgan fingerprint density at radius 1 is 0.440 bits per heavy atom. The third kappa shape index (κ3) is 7.14. The van der Waals surface area contributed by atoms with E-state index in [0.717, 1.165) is 0 Å². The summed E-state index contributed by atoms with van der Waals surface area (Å²) in [5.41, 5.74) is 8.24. The molecule has 6 aromatic rings. The predicted molar refractivity (Wildman–Crippen MR) is 225 cm³/mol. The van der Waals surface area contributed by atoms with Gasteiger partial charge in [0, 0.05) is 0 Å². The molecule has 0 bridgehead atoms. The molecule has 6 aromatic carbocycles. The van der Waals surface area contributed by atoms with Gasteiger partial charge in [-0.2, -0.15) is 12.1 Å². The van der Waals surface area contributed by atoms with Crippen LogP contribution in [0.5, 0.6) is 0 Å². The number of benzene rings is 4. The molecule has 2 heteroatoms. The van der Waals surface area contributed by atoms with Gasteiger partial charge in [-0.3, -0.25) is 0 Å². The summed E-state index contributed by atoms with van der Waals surface area (Å²) in [6.07, 6.45) is 0. The standard InChI is InChI=1S/C46H54Si.2CH3.Hf/c1-43(2,3)35-21-13-17-31(25-35)39-23-15-19-33-27-37(29-41(33)39)47(45(7,8)9,46(10,11)12)38-28-34-20-16-24-40(42(34)30-38)32-18-14-22-36(26-32)44(4,5)6;;;/h13-30H,1-12H3;2*1H3;/q-2;2*-1;+4. The smallest absolute Gasteiger partial charge is 0.358 e. The van der Waals surface area contributed by atoms with E-state index < -0.39 is 8.07 Å². The topological polar surface area (TPSA) is 0 Å². The molecule has 0 fully saturated rings. The van der Waals surface area contributed by atoms with Crippen LogP contribution in [0, 0.1) is 14.9 Å². The van der Waals surface area contributed by atoms with E-state index in [1.54, 1.807) is 10.4 Å². The Kier molecular flexibility index (Phi) is 11.9. The first-order valence-corrected chi connectivity index (χ1v) is 19.4. The van der Waals surface area contributed by atoms with Crippen molar-refractivity contribution in [1.29, 1.82) is 0 Å². The van der Waals surface area contributed by atoms with Crippen molar-refractivity contribution < 1.29 is 25.8 Å². The molecule has 50 heavy (non-hydrogen) atoms. The molecular weight excluding hydrogens is 783 g/mol. The molecule has 0 aliphatic rings. The van der Waals surface area contributed by atoms with Crippen molar-refractivity contribution in [3.8, 4) is 22.3 Å². The maximum Gasteiger partial charge on any atom is 4.00 e. The third-order valence-electron chi connectivity index (χ3n) is 10.7. The van der Waals surface area contributed by atoms with Crippen LogP contribution in [0.1, 0.15) is 94.2 Å². The van der Waals surface area contributed by atoms with Crippen LogP contribution in [0.15, 0.2) is 109 Å². The summed E-state index contributed by atoms with van der Waals surface area (Å²) in [6, 6.07) is 42.4. The Morgan fingerprint density at radius 3 is 1.10 bits per heavy atom. The molecule has 0 aliphatic carbocycles. The molecule has 0 nitrogen and oxygen atoms in total. The van der Waals surface area contributed by atoms with E-state index in [-0.39, 0.29) is 61.6 Å². The van der Waals surface area contributed by atoms with Gasteiger partial charge in [-0.15, -0.1) is 68.3 Å². The zero-order valence-electron chi connectivity index (χ0n) is 33.4. The van der Waals surface area contributed by atoms with Crippen LogP contribution in [0.25, 0.3) is 43.8 Å². The molecule has 0 aromatic heterocycles. The second kappa shape index (κ2) is 14.3. The van der Waals surface area contributed by atoms with Crippen molar-refractivity contribution in [3.05, 3.63) is 135 Å². The van der Waals surface area contributed by atoms with Gasteiger partial charge in [0.15, 0.2) is 0 Å². The summed E-state index contributed by atoms with van der Waals surface area (Å²) in [4.78, 5) is 0. The number of hydrogen-bond donors (Lipinski definition) is 0. The summed E-state index contributed by atoms with van der Waals surface area (Å²) < 4.78 is 0. The zero-order valence-corrected chi connectivity index (χ0v) is 38.0. The van der Waals surface area contributed by atoms with Crippen molar-refractivity contribution in [2.45, 2.75) is 104 Å². The normalized spacial score (nSPS) is 12.7. The minimum atomic E-state index is -2.45. The van der Waals surface area contributed by atoms with Gasteiger partial charge in [0.05, 0.1) is 8.07 Å². The van der Waals surface area contributed by atoms with E-state index in [1.807, 2.05) is 0 Å². The Balaban J connectivity index is 0.00000225. The molecule has 0 radical (unpaired) electrons. The molecule has 0 saturated heterocycles. The summed E-state index contributed by atoms with van der Waals surface area (Å²) in [6.45, 7) is 28.8. The van der Waals surface area contributed by atoms with Crippen LogP contribution in [0.3, 0.4) is 0 Å². The van der Waals surface area contributed by atoms with Gasteiger partial charge in [-0.25, -0.2) is 0 Å². The van der Waals surface area contributed by atoms with Gasteiger partial charge in [-0.05, 0) is 43.2 Å². The van der Waals surface area contributed by atoms with Gasteiger partial charge in [-0.1, -0.05) is 155 Å². The molecule has 0 N–H and O–H groups in total. The first-order chi connectivity index (χ1) is 21.8. The average Bonchev–Trinajstić information content (AvgIpc) is 3.60. The fourth-order valence-corrected chi connectivity index (χ4v) is 16.2. The Bertz CT molecular complexity index is 1920. The molecule has 6 rings (SSSR count). The van der Waals surface area contributed by atoms with E-state index in [2.05, 4.69) is 192 Å². The Labute approximate surface area is 325 Å². The Morgan fingerprint density at radius 2 is 0.780 bits per heavy atom. The monoisotopic (exact) mass is 844 g/mol. The fraction of sp³-hybridized carbons (Fsp3) is 0.333. The quantitative estimate of drug-likeness (QED) is 0.123. The molecule has 0 heterocycles. The molecular formula is C48H60HfSi. The number of rotatable bonds is 4. The van der Waals surface area contributed by atoms with Crippen LogP contribution in [0.4, 0.5) is 0 Å². The van der Waals surface area contributed by atoms with E-state index in [1.165, 1.54) is 54.9 Å². The van der Waals surface area contributed by atoms with Crippen LogP contribution < -0.4 is 10.4 Å². The number of fused-ring (bicyclic) bond motifs is 2. The van der Waals surface area contributed by atoms with Gasteiger partial charge < -0.3 is 14.9 Å².